The molecule has 8 heteroatoms. The molecular formula is C21H20N4O4. The molecule has 0 radical (unpaired) electrons. The van der Waals surface area contributed by atoms with Crippen molar-refractivity contribution < 1.29 is 14.3 Å². The average Bonchev–Trinajstić information content (AvgIpc) is 2.97. The Morgan fingerprint density at radius 3 is 2.76 bits per heavy atom. The summed E-state index contributed by atoms with van der Waals surface area (Å²) in [6, 6.07) is 11.3. The van der Waals surface area contributed by atoms with Crippen molar-refractivity contribution in [3.63, 3.8) is 0 Å². The predicted octanol–water partition coefficient (Wildman–Crippen LogP) is 2.59. The molecular weight excluding hydrogens is 372 g/mol. The number of hydrogen-bond acceptors (Lipinski definition) is 6. The van der Waals surface area contributed by atoms with Crippen molar-refractivity contribution in [3.05, 3.63) is 63.5 Å². The van der Waals surface area contributed by atoms with Crippen molar-refractivity contribution in [3.8, 4) is 0 Å². The standard InChI is InChI=1S/C21H20N4O4/c1-11-4-3-5-13(8-11)23-21-24-15-9-14-12(2)18(19(22)27)20(28)29-17(14)10-16(15)25(21)6-7-26/h3-5,8-10,26H,6-7H2,1-2H3,(H2,22,27)(H,23,24). The van der Waals surface area contributed by atoms with Crippen molar-refractivity contribution in [2.75, 3.05) is 11.9 Å². The number of nitrogens with zero attached hydrogens (tertiary/aromatic N) is 2. The molecule has 4 N–H and O–H groups in total. The number of nitrogens with one attached hydrogen (secondary N) is 1. The molecule has 2 aromatic carbocycles. The van der Waals surface area contributed by atoms with Crippen LogP contribution < -0.4 is 16.7 Å². The molecule has 0 aliphatic heterocycles. The highest BCUT2D eigenvalue weighted by molar-refractivity contribution is 6.01. The molecule has 0 saturated heterocycles. The van der Waals surface area contributed by atoms with Gasteiger partial charge in [0.05, 0.1) is 17.6 Å². The number of carbonyl (C=O) groups is 1. The van der Waals surface area contributed by atoms with E-state index in [-0.39, 0.29) is 12.2 Å². The van der Waals surface area contributed by atoms with E-state index >= 15 is 0 Å². The number of fused-ring (bicyclic) bond motifs is 2. The van der Waals surface area contributed by atoms with E-state index in [0.717, 1.165) is 11.3 Å². The number of aromatic nitrogens is 2. The third kappa shape index (κ3) is 3.23. The number of hydrogen-bond donors (Lipinski definition) is 3. The monoisotopic (exact) mass is 392 g/mol. The van der Waals surface area contributed by atoms with Gasteiger partial charge in [-0.1, -0.05) is 12.1 Å². The van der Waals surface area contributed by atoms with E-state index in [1.165, 1.54) is 0 Å². The van der Waals surface area contributed by atoms with Crippen molar-refractivity contribution in [1.29, 1.82) is 0 Å². The Morgan fingerprint density at radius 2 is 2.07 bits per heavy atom. The third-order valence-electron chi connectivity index (χ3n) is 4.88. The molecule has 0 saturated carbocycles. The SMILES string of the molecule is Cc1cccc(Nc2nc3cc4c(C)c(C(N)=O)c(=O)oc4cc3n2CCO)c1. The number of carbonyl (C=O) groups excluding carboxylic acids is 1. The molecule has 148 valence electrons. The Kier molecular flexibility index (Phi) is 4.56. The molecule has 29 heavy (non-hydrogen) atoms. The number of aliphatic hydroxyl groups is 1. The van der Waals surface area contributed by atoms with Crippen molar-refractivity contribution in [2.45, 2.75) is 20.4 Å². The van der Waals surface area contributed by atoms with Crippen LogP contribution in [0.4, 0.5) is 11.6 Å². The number of primary amides is 1. The van der Waals surface area contributed by atoms with Gasteiger partial charge in [-0.3, -0.25) is 4.79 Å². The summed E-state index contributed by atoms with van der Waals surface area (Å²) in [5, 5.41) is 13.4. The molecule has 2 aromatic heterocycles. The maximum atomic E-state index is 12.2. The van der Waals surface area contributed by atoms with Crippen LogP contribution in [0, 0.1) is 13.8 Å². The van der Waals surface area contributed by atoms with Crippen LogP contribution in [0.2, 0.25) is 0 Å². The number of amides is 1. The van der Waals surface area contributed by atoms with E-state index in [2.05, 4.69) is 10.3 Å². The fourth-order valence-corrected chi connectivity index (χ4v) is 3.53. The molecule has 0 spiro atoms. The molecule has 4 aromatic rings. The van der Waals surface area contributed by atoms with E-state index in [1.54, 1.807) is 19.1 Å². The van der Waals surface area contributed by atoms with E-state index < -0.39 is 11.5 Å². The van der Waals surface area contributed by atoms with Crippen LogP contribution in [0.1, 0.15) is 21.5 Å². The number of aryl methyl sites for hydroxylation is 2. The molecule has 4 rings (SSSR count). The molecule has 0 aliphatic carbocycles. The Bertz CT molecular complexity index is 1320. The van der Waals surface area contributed by atoms with E-state index in [9.17, 15) is 14.7 Å². The maximum Gasteiger partial charge on any atom is 0.349 e. The van der Waals surface area contributed by atoms with Gasteiger partial charge >= 0.3 is 5.63 Å². The largest absolute Gasteiger partial charge is 0.422 e. The van der Waals surface area contributed by atoms with Gasteiger partial charge in [0, 0.05) is 23.7 Å². The summed E-state index contributed by atoms with van der Waals surface area (Å²) < 4.78 is 7.15. The van der Waals surface area contributed by atoms with Crippen LogP contribution in [0.3, 0.4) is 0 Å². The Morgan fingerprint density at radius 1 is 1.28 bits per heavy atom. The van der Waals surface area contributed by atoms with Crippen LogP contribution >= 0.6 is 0 Å². The Balaban J connectivity index is 1.95. The highest BCUT2D eigenvalue weighted by atomic mass is 16.4. The zero-order chi connectivity index (χ0) is 20.7. The van der Waals surface area contributed by atoms with Gasteiger partial charge in [0.15, 0.2) is 0 Å². The van der Waals surface area contributed by atoms with Gasteiger partial charge in [0.1, 0.15) is 11.1 Å². The van der Waals surface area contributed by atoms with Crippen LogP contribution in [0.15, 0.2) is 45.6 Å². The zero-order valence-electron chi connectivity index (χ0n) is 16.0. The van der Waals surface area contributed by atoms with Crippen molar-refractivity contribution in [1.82, 2.24) is 9.55 Å². The summed E-state index contributed by atoms with van der Waals surface area (Å²) in [4.78, 5) is 28.5. The van der Waals surface area contributed by atoms with Gasteiger partial charge in [-0.25, -0.2) is 9.78 Å². The van der Waals surface area contributed by atoms with Gasteiger partial charge < -0.3 is 25.1 Å². The van der Waals surface area contributed by atoms with Gasteiger partial charge in [-0.05, 0) is 43.2 Å². The van der Waals surface area contributed by atoms with Crippen LogP contribution in [0.25, 0.3) is 22.0 Å². The maximum absolute atomic E-state index is 12.2. The summed E-state index contributed by atoms with van der Waals surface area (Å²) in [6.45, 7) is 3.87. The Hall–Kier alpha value is -3.65. The second-order valence-corrected chi connectivity index (χ2v) is 6.90. The highest BCUT2D eigenvalue weighted by Gasteiger charge is 2.19. The first kappa shape index (κ1) is 18.7. The number of aliphatic hydroxyl groups excluding tert-OH is 1. The van der Waals surface area contributed by atoms with Gasteiger partial charge in [0.25, 0.3) is 5.91 Å². The van der Waals surface area contributed by atoms with Crippen molar-refractivity contribution >= 4 is 39.5 Å². The quantitative estimate of drug-likeness (QED) is 0.449. The van der Waals surface area contributed by atoms with E-state index in [1.807, 2.05) is 35.8 Å². The molecule has 0 aliphatic rings. The van der Waals surface area contributed by atoms with E-state index in [0.29, 0.717) is 40.1 Å². The molecule has 0 atom stereocenters. The minimum absolute atomic E-state index is 0.0877. The molecule has 8 nitrogen and oxygen atoms in total. The lowest BCUT2D eigenvalue weighted by atomic mass is 10.1. The molecule has 0 bridgehead atoms. The first-order chi connectivity index (χ1) is 13.9. The minimum Gasteiger partial charge on any atom is -0.422 e. The summed E-state index contributed by atoms with van der Waals surface area (Å²) >= 11 is 0. The number of anilines is 2. The Labute approximate surface area is 165 Å². The second-order valence-electron chi connectivity index (χ2n) is 6.90. The third-order valence-corrected chi connectivity index (χ3v) is 4.88. The summed E-state index contributed by atoms with van der Waals surface area (Å²) in [7, 11) is 0. The smallest absolute Gasteiger partial charge is 0.349 e. The summed E-state index contributed by atoms with van der Waals surface area (Å²) in [6.07, 6.45) is 0. The fourth-order valence-electron chi connectivity index (χ4n) is 3.53. The highest BCUT2D eigenvalue weighted by Crippen LogP contribution is 2.29. The van der Waals surface area contributed by atoms with Crippen LogP contribution in [-0.4, -0.2) is 27.2 Å². The van der Waals surface area contributed by atoms with Gasteiger partial charge in [0.2, 0.25) is 5.95 Å². The number of imidazole rings is 1. The summed E-state index contributed by atoms with van der Waals surface area (Å²) in [5.74, 6) is -0.282. The normalized spacial score (nSPS) is 11.3. The first-order valence-electron chi connectivity index (χ1n) is 9.11. The van der Waals surface area contributed by atoms with Crippen LogP contribution in [0.5, 0.6) is 0 Å². The predicted molar refractivity (Wildman–Crippen MR) is 111 cm³/mol. The van der Waals surface area contributed by atoms with Gasteiger partial charge in [-0.2, -0.15) is 0 Å². The van der Waals surface area contributed by atoms with Crippen LogP contribution in [-0.2, 0) is 6.54 Å². The number of rotatable bonds is 5. The van der Waals surface area contributed by atoms with Crippen molar-refractivity contribution in [2.24, 2.45) is 5.73 Å². The molecule has 2 heterocycles. The minimum atomic E-state index is -0.828. The fraction of sp³-hybridized carbons (Fsp3) is 0.190. The lowest BCUT2D eigenvalue weighted by Crippen LogP contribution is -2.22. The number of benzene rings is 2. The topological polar surface area (TPSA) is 123 Å². The second kappa shape index (κ2) is 7.06. The molecule has 1 amide bonds. The van der Waals surface area contributed by atoms with Gasteiger partial charge in [-0.15, -0.1) is 0 Å². The first-order valence-corrected chi connectivity index (χ1v) is 9.11. The summed E-state index contributed by atoms with van der Waals surface area (Å²) in [5.41, 5.74) is 8.46. The molecule has 0 unspecified atom stereocenters. The average molecular weight is 392 g/mol. The lowest BCUT2D eigenvalue weighted by molar-refractivity contribution is 0.0996. The number of nitrogens with two attached hydrogens (primary N) is 1. The zero-order valence-corrected chi connectivity index (χ0v) is 16.0. The lowest BCUT2D eigenvalue weighted by Gasteiger charge is -2.10. The molecule has 0 fully saturated rings. The van der Waals surface area contributed by atoms with E-state index in [4.69, 9.17) is 10.2 Å².